The van der Waals surface area contributed by atoms with Crippen molar-refractivity contribution in [2.75, 3.05) is 0 Å². The van der Waals surface area contributed by atoms with Gasteiger partial charge in [0.1, 0.15) is 0 Å². The van der Waals surface area contributed by atoms with E-state index >= 15 is 0 Å². The molecule has 0 saturated heterocycles. The molecule has 1 nitrogen and oxygen atoms in total. The predicted molar refractivity (Wildman–Crippen MR) is 39.9 cm³/mol. The Labute approximate surface area is 57.0 Å². The Bertz CT molecular complexity index is 123. The molecule has 0 heterocycles. The zero-order valence-corrected chi connectivity index (χ0v) is 6.40. The minimum atomic E-state index is 0.377. The fourth-order valence-corrected chi connectivity index (χ4v) is 0.342. The SMILES string of the molecule is C=C(C)OC(=C)C(C)C. The number of hydrogen-bond donors (Lipinski definition) is 0. The molecule has 0 fully saturated rings. The summed E-state index contributed by atoms with van der Waals surface area (Å²) in [5.74, 6) is 1.86. The van der Waals surface area contributed by atoms with E-state index in [9.17, 15) is 0 Å². The summed E-state index contributed by atoms with van der Waals surface area (Å²) in [5.41, 5.74) is 0. The second kappa shape index (κ2) is 3.33. The van der Waals surface area contributed by atoms with Gasteiger partial charge in [0.25, 0.3) is 0 Å². The molecule has 52 valence electrons. The van der Waals surface area contributed by atoms with Gasteiger partial charge in [-0.15, -0.1) is 0 Å². The van der Waals surface area contributed by atoms with Gasteiger partial charge < -0.3 is 4.74 Å². The molecule has 0 spiro atoms. The first-order chi connectivity index (χ1) is 4.04. The van der Waals surface area contributed by atoms with Crippen molar-refractivity contribution in [1.29, 1.82) is 0 Å². The van der Waals surface area contributed by atoms with Gasteiger partial charge in [0.05, 0.1) is 11.5 Å². The molecule has 0 atom stereocenters. The predicted octanol–water partition coefficient (Wildman–Crippen LogP) is 2.71. The highest BCUT2D eigenvalue weighted by Gasteiger charge is 1.99. The monoisotopic (exact) mass is 126 g/mol. The molecule has 9 heavy (non-hydrogen) atoms. The number of ether oxygens (including phenoxy) is 1. The Morgan fingerprint density at radius 1 is 1.33 bits per heavy atom. The molecule has 0 aliphatic heterocycles. The van der Waals surface area contributed by atoms with E-state index in [1.54, 1.807) is 0 Å². The number of rotatable bonds is 3. The van der Waals surface area contributed by atoms with E-state index in [0.29, 0.717) is 11.7 Å². The van der Waals surface area contributed by atoms with Crippen LogP contribution in [0.25, 0.3) is 0 Å². The lowest BCUT2D eigenvalue weighted by molar-refractivity contribution is 0.272. The standard InChI is InChI=1S/C8H14O/c1-6(2)8(5)9-7(3)4/h6H,3,5H2,1-2,4H3. The second-order valence-corrected chi connectivity index (χ2v) is 2.43. The van der Waals surface area contributed by atoms with Crippen LogP contribution in [-0.2, 0) is 4.74 Å². The van der Waals surface area contributed by atoms with Crippen molar-refractivity contribution in [3.63, 3.8) is 0 Å². The summed E-state index contributed by atoms with van der Waals surface area (Å²) >= 11 is 0. The van der Waals surface area contributed by atoms with Crippen LogP contribution < -0.4 is 0 Å². The Balaban J connectivity index is 3.64. The number of hydrogen-bond acceptors (Lipinski definition) is 1. The van der Waals surface area contributed by atoms with Crippen LogP contribution >= 0.6 is 0 Å². The summed E-state index contributed by atoms with van der Waals surface area (Å²) in [4.78, 5) is 0. The minimum absolute atomic E-state index is 0.377. The van der Waals surface area contributed by atoms with Gasteiger partial charge in [-0.25, -0.2) is 0 Å². The van der Waals surface area contributed by atoms with Gasteiger partial charge in [0.2, 0.25) is 0 Å². The van der Waals surface area contributed by atoms with Crippen molar-refractivity contribution in [1.82, 2.24) is 0 Å². The van der Waals surface area contributed by atoms with Gasteiger partial charge in [-0.05, 0) is 6.92 Å². The first kappa shape index (κ1) is 8.28. The highest BCUT2D eigenvalue weighted by molar-refractivity contribution is 4.92. The van der Waals surface area contributed by atoms with Gasteiger partial charge in [0, 0.05) is 5.92 Å². The highest BCUT2D eigenvalue weighted by atomic mass is 16.5. The van der Waals surface area contributed by atoms with Crippen molar-refractivity contribution in [3.05, 3.63) is 24.7 Å². The van der Waals surface area contributed by atoms with Gasteiger partial charge in [-0.3, -0.25) is 0 Å². The van der Waals surface area contributed by atoms with Crippen molar-refractivity contribution >= 4 is 0 Å². The van der Waals surface area contributed by atoms with Crippen LogP contribution in [0.1, 0.15) is 20.8 Å². The lowest BCUT2D eigenvalue weighted by Crippen LogP contribution is -1.95. The third kappa shape index (κ3) is 3.83. The molecule has 0 aliphatic carbocycles. The molecule has 0 radical (unpaired) electrons. The van der Waals surface area contributed by atoms with Crippen molar-refractivity contribution in [3.8, 4) is 0 Å². The molecule has 0 aromatic rings. The minimum Gasteiger partial charge on any atom is -0.467 e. The van der Waals surface area contributed by atoms with E-state index in [2.05, 4.69) is 13.2 Å². The van der Waals surface area contributed by atoms with E-state index in [4.69, 9.17) is 4.74 Å². The molecule has 0 bridgehead atoms. The summed E-state index contributed by atoms with van der Waals surface area (Å²) in [7, 11) is 0. The molecule has 0 N–H and O–H groups in total. The van der Waals surface area contributed by atoms with Crippen molar-refractivity contribution < 1.29 is 4.74 Å². The number of allylic oxidation sites excluding steroid dienone is 2. The van der Waals surface area contributed by atoms with Crippen molar-refractivity contribution in [2.45, 2.75) is 20.8 Å². The molecular formula is C8H14O. The van der Waals surface area contributed by atoms with Gasteiger partial charge in [-0.2, -0.15) is 0 Å². The first-order valence-electron chi connectivity index (χ1n) is 3.06. The molecule has 0 aromatic carbocycles. The maximum absolute atomic E-state index is 5.12. The molecule has 0 saturated carbocycles. The van der Waals surface area contributed by atoms with E-state index in [-0.39, 0.29) is 0 Å². The van der Waals surface area contributed by atoms with Crippen LogP contribution in [0, 0.1) is 5.92 Å². The molecule has 0 amide bonds. The lowest BCUT2D eigenvalue weighted by atomic mass is 10.2. The summed E-state index contributed by atoms with van der Waals surface area (Å²) < 4.78 is 5.12. The van der Waals surface area contributed by atoms with E-state index < -0.39 is 0 Å². The Morgan fingerprint density at radius 2 is 1.78 bits per heavy atom. The average molecular weight is 126 g/mol. The highest BCUT2D eigenvalue weighted by Crippen LogP contribution is 2.10. The lowest BCUT2D eigenvalue weighted by Gasteiger charge is -2.09. The largest absolute Gasteiger partial charge is 0.467 e. The smallest absolute Gasteiger partial charge is 0.0989 e. The van der Waals surface area contributed by atoms with E-state index in [1.165, 1.54) is 0 Å². The average Bonchev–Trinajstić information content (AvgIpc) is 1.63. The summed E-state index contributed by atoms with van der Waals surface area (Å²) in [6, 6.07) is 0. The quantitative estimate of drug-likeness (QED) is 0.528. The fourth-order valence-electron chi connectivity index (χ4n) is 0.342. The molecule has 1 heteroatoms. The summed E-state index contributed by atoms with van der Waals surface area (Å²) in [6.45, 7) is 13.2. The van der Waals surface area contributed by atoms with E-state index in [1.807, 2.05) is 20.8 Å². The maximum Gasteiger partial charge on any atom is 0.0989 e. The maximum atomic E-state index is 5.12. The third-order valence-corrected chi connectivity index (χ3v) is 0.949. The van der Waals surface area contributed by atoms with E-state index in [0.717, 1.165) is 5.76 Å². The molecule has 0 aliphatic rings. The zero-order valence-electron chi connectivity index (χ0n) is 6.40. The van der Waals surface area contributed by atoms with Crippen molar-refractivity contribution in [2.24, 2.45) is 5.92 Å². The normalized spacial score (nSPS) is 9.33. The Kier molecular flexibility index (Phi) is 3.07. The molecule has 0 unspecified atom stereocenters. The molecule has 0 aromatic heterocycles. The van der Waals surface area contributed by atoms with Crippen LogP contribution in [-0.4, -0.2) is 0 Å². The molecule has 0 rings (SSSR count). The Morgan fingerprint density at radius 3 is 1.89 bits per heavy atom. The fraction of sp³-hybridized carbons (Fsp3) is 0.500. The van der Waals surface area contributed by atoms with Gasteiger partial charge >= 0.3 is 0 Å². The Hall–Kier alpha value is -0.720. The van der Waals surface area contributed by atoms with Crippen LogP contribution in [0.15, 0.2) is 24.7 Å². The second-order valence-electron chi connectivity index (χ2n) is 2.43. The van der Waals surface area contributed by atoms with Crippen LogP contribution in [0.2, 0.25) is 0 Å². The van der Waals surface area contributed by atoms with Gasteiger partial charge in [-0.1, -0.05) is 27.0 Å². The van der Waals surface area contributed by atoms with Crippen LogP contribution in [0.3, 0.4) is 0 Å². The first-order valence-corrected chi connectivity index (χ1v) is 3.06. The van der Waals surface area contributed by atoms with Gasteiger partial charge in [0.15, 0.2) is 0 Å². The topological polar surface area (TPSA) is 9.23 Å². The molecular weight excluding hydrogens is 112 g/mol. The summed E-state index contributed by atoms with van der Waals surface area (Å²) in [6.07, 6.45) is 0. The summed E-state index contributed by atoms with van der Waals surface area (Å²) in [5, 5.41) is 0. The third-order valence-electron chi connectivity index (χ3n) is 0.949. The zero-order chi connectivity index (χ0) is 7.44. The van der Waals surface area contributed by atoms with Crippen LogP contribution in [0.4, 0.5) is 0 Å². The van der Waals surface area contributed by atoms with Crippen LogP contribution in [0.5, 0.6) is 0 Å².